The number of benzene rings is 2. The predicted octanol–water partition coefficient (Wildman–Crippen LogP) is 4.16. The fraction of sp³-hybridized carbons (Fsp3) is 0.190. The lowest BCUT2D eigenvalue weighted by molar-refractivity contribution is -0.124. The van der Waals surface area contributed by atoms with Gasteiger partial charge in [-0.25, -0.2) is 4.39 Å². The maximum atomic E-state index is 12.9. The Balaban J connectivity index is 1.41. The van der Waals surface area contributed by atoms with Crippen molar-refractivity contribution in [3.05, 3.63) is 70.9 Å². The van der Waals surface area contributed by atoms with Crippen LogP contribution in [0.25, 0.3) is 6.08 Å². The molecule has 8 heteroatoms. The molecule has 3 amide bonds. The number of nitrogens with one attached hydrogen (secondary N) is 1. The molecule has 1 aliphatic heterocycles. The van der Waals surface area contributed by atoms with Gasteiger partial charge in [0.25, 0.3) is 11.1 Å². The maximum absolute atomic E-state index is 12.9. The van der Waals surface area contributed by atoms with Crippen LogP contribution < -0.4 is 5.32 Å². The zero-order valence-electron chi connectivity index (χ0n) is 15.5. The third-order valence-electron chi connectivity index (χ3n) is 4.04. The summed E-state index contributed by atoms with van der Waals surface area (Å²) < 4.78 is 12.9. The van der Waals surface area contributed by atoms with E-state index in [9.17, 15) is 18.8 Å². The van der Waals surface area contributed by atoms with Crippen LogP contribution in [0.2, 0.25) is 0 Å². The number of amides is 3. The fourth-order valence-corrected chi connectivity index (χ4v) is 4.30. The van der Waals surface area contributed by atoms with E-state index in [1.165, 1.54) is 23.9 Å². The van der Waals surface area contributed by atoms with Gasteiger partial charge in [-0.2, -0.15) is 0 Å². The van der Waals surface area contributed by atoms with Crippen LogP contribution in [0.5, 0.6) is 0 Å². The molecule has 1 fully saturated rings. The highest BCUT2D eigenvalue weighted by atomic mass is 32.2. The van der Waals surface area contributed by atoms with Crippen molar-refractivity contribution >= 4 is 46.7 Å². The van der Waals surface area contributed by atoms with E-state index in [1.54, 1.807) is 18.2 Å². The Kier molecular flexibility index (Phi) is 7.48. The van der Waals surface area contributed by atoms with E-state index >= 15 is 0 Å². The molecule has 1 heterocycles. The van der Waals surface area contributed by atoms with Gasteiger partial charge < -0.3 is 5.32 Å². The lowest BCUT2D eigenvalue weighted by Crippen LogP contribution is -2.37. The first-order chi connectivity index (χ1) is 14.0. The molecule has 0 aliphatic carbocycles. The minimum atomic E-state index is -0.343. The third-order valence-corrected chi connectivity index (χ3v) is 5.96. The van der Waals surface area contributed by atoms with Gasteiger partial charge in [0.2, 0.25) is 5.91 Å². The second-order valence-corrected chi connectivity index (χ2v) is 8.31. The Morgan fingerprint density at radius 3 is 2.55 bits per heavy atom. The number of hydrogen-bond donors (Lipinski definition) is 1. The van der Waals surface area contributed by atoms with Crippen molar-refractivity contribution in [2.45, 2.75) is 11.3 Å². The Morgan fingerprint density at radius 1 is 1.10 bits per heavy atom. The monoisotopic (exact) mass is 430 g/mol. The summed E-state index contributed by atoms with van der Waals surface area (Å²) in [7, 11) is 0. The van der Waals surface area contributed by atoms with E-state index in [2.05, 4.69) is 5.32 Å². The average Bonchev–Trinajstić information content (AvgIpc) is 2.97. The van der Waals surface area contributed by atoms with E-state index in [-0.39, 0.29) is 42.4 Å². The second kappa shape index (κ2) is 10.3. The highest BCUT2D eigenvalue weighted by molar-refractivity contribution is 8.18. The maximum Gasteiger partial charge on any atom is 0.293 e. The molecule has 0 saturated carbocycles. The summed E-state index contributed by atoms with van der Waals surface area (Å²) in [5.74, 6) is -0.242. The number of hydrogen-bond acceptors (Lipinski definition) is 5. The number of nitrogens with zero attached hydrogens (tertiary/aromatic N) is 1. The van der Waals surface area contributed by atoms with Crippen LogP contribution in [0.1, 0.15) is 12.0 Å². The molecular weight excluding hydrogens is 411 g/mol. The molecule has 29 heavy (non-hydrogen) atoms. The van der Waals surface area contributed by atoms with E-state index < -0.39 is 0 Å². The van der Waals surface area contributed by atoms with Crippen LogP contribution in [-0.2, 0) is 9.59 Å². The number of thioether (sulfide) groups is 2. The topological polar surface area (TPSA) is 66.5 Å². The molecule has 1 aliphatic rings. The van der Waals surface area contributed by atoms with Gasteiger partial charge in [-0.05, 0) is 47.7 Å². The van der Waals surface area contributed by atoms with Crippen LogP contribution in [0.3, 0.4) is 0 Å². The zero-order chi connectivity index (χ0) is 20.6. The minimum Gasteiger partial charge on any atom is -0.354 e. The lowest BCUT2D eigenvalue weighted by Gasteiger charge is -2.13. The van der Waals surface area contributed by atoms with E-state index in [0.29, 0.717) is 10.7 Å². The van der Waals surface area contributed by atoms with Gasteiger partial charge in [-0.1, -0.05) is 30.3 Å². The zero-order valence-corrected chi connectivity index (χ0v) is 17.1. The first kappa shape index (κ1) is 21.1. The Hall–Kier alpha value is -2.58. The van der Waals surface area contributed by atoms with Gasteiger partial charge in [-0.15, -0.1) is 11.8 Å². The van der Waals surface area contributed by atoms with Crippen LogP contribution in [0, 0.1) is 5.82 Å². The van der Waals surface area contributed by atoms with E-state index in [4.69, 9.17) is 0 Å². The van der Waals surface area contributed by atoms with Gasteiger partial charge in [-0.3, -0.25) is 19.3 Å². The summed E-state index contributed by atoms with van der Waals surface area (Å²) in [5.41, 5.74) is 0.852. The van der Waals surface area contributed by atoms with Crippen molar-refractivity contribution in [1.29, 1.82) is 0 Å². The predicted molar refractivity (Wildman–Crippen MR) is 114 cm³/mol. The smallest absolute Gasteiger partial charge is 0.293 e. The Bertz CT molecular complexity index is 917. The molecule has 0 spiro atoms. The number of rotatable bonds is 8. The van der Waals surface area contributed by atoms with Crippen LogP contribution in [0.4, 0.5) is 9.18 Å². The van der Waals surface area contributed by atoms with Crippen LogP contribution in [0.15, 0.2) is 64.4 Å². The molecule has 0 radical (unpaired) electrons. The Labute approximate surface area is 176 Å². The minimum absolute atomic E-state index is 0.133. The van der Waals surface area contributed by atoms with Gasteiger partial charge in [0.15, 0.2) is 0 Å². The number of halogens is 1. The van der Waals surface area contributed by atoms with Gasteiger partial charge in [0, 0.05) is 30.2 Å². The van der Waals surface area contributed by atoms with E-state index in [0.717, 1.165) is 27.1 Å². The molecule has 0 atom stereocenters. The van der Waals surface area contributed by atoms with Crippen molar-refractivity contribution in [3.8, 4) is 0 Å². The normalized spacial score (nSPS) is 15.2. The first-order valence-corrected chi connectivity index (χ1v) is 10.8. The summed E-state index contributed by atoms with van der Waals surface area (Å²) in [6, 6.07) is 15.4. The molecule has 0 unspecified atom stereocenters. The van der Waals surface area contributed by atoms with Crippen molar-refractivity contribution in [2.24, 2.45) is 0 Å². The molecule has 3 rings (SSSR count). The fourth-order valence-electron chi connectivity index (χ4n) is 2.58. The summed E-state index contributed by atoms with van der Waals surface area (Å²) in [5, 5.41) is 2.39. The standard InChI is InChI=1S/C21H19FN2O3S2/c22-16-6-8-17(9-7-16)28-13-10-19(25)23-11-12-24-20(26)18(29-21(24)27)14-15-4-2-1-3-5-15/h1-9,14H,10-13H2,(H,23,25)/b18-14+. The number of carbonyl (C=O) groups excluding carboxylic acids is 3. The highest BCUT2D eigenvalue weighted by Gasteiger charge is 2.34. The molecule has 5 nitrogen and oxygen atoms in total. The molecular formula is C21H19FN2O3S2. The molecule has 2 aromatic rings. The SMILES string of the molecule is O=C(CCSc1ccc(F)cc1)NCCN1C(=O)S/C(=C/c2ccccc2)C1=O. The summed E-state index contributed by atoms with van der Waals surface area (Å²) in [6.07, 6.45) is 1.98. The number of imide groups is 1. The number of carbonyl (C=O) groups is 3. The highest BCUT2D eigenvalue weighted by Crippen LogP contribution is 2.31. The molecule has 1 saturated heterocycles. The largest absolute Gasteiger partial charge is 0.354 e. The van der Waals surface area contributed by atoms with Gasteiger partial charge in [0.1, 0.15) is 5.82 Å². The van der Waals surface area contributed by atoms with Crippen molar-refractivity contribution in [2.75, 3.05) is 18.8 Å². The first-order valence-electron chi connectivity index (χ1n) is 8.98. The van der Waals surface area contributed by atoms with Crippen LogP contribution in [-0.4, -0.2) is 40.8 Å². The molecule has 0 bridgehead atoms. The Morgan fingerprint density at radius 2 is 1.83 bits per heavy atom. The van der Waals surface area contributed by atoms with Gasteiger partial charge >= 0.3 is 0 Å². The molecule has 2 aromatic carbocycles. The third kappa shape index (κ3) is 6.20. The quantitative estimate of drug-likeness (QED) is 0.503. The van der Waals surface area contributed by atoms with Crippen molar-refractivity contribution < 1.29 is 18.8 Å². The van der Waals surface area contributed by atoms with Crippen molar-refractivity contribution in [3.63, 3.8) is 0 Å². The van der Waals surface area contributed by atoms with Gasteiger partial charge in [0.05, 0.1) is 4.91 Å². The molecule has 1 N–H and O–H groups in total. The summed E-state index contributed by atoms with van der Waals surface area (Å²) >= 11 is 2.36. The van der Waals surface area contributed by atoms with Crippen molar-refractivity contribution in [1.82, 2.24) is 10.2 Å². The average molecular weight is 431 g/mol. The van der Waals surface area contributed by atoms with Crippen LogP contribution >= 0.6 is 23.5 Å². The second-order valence-electron chi connectivity index (χ2n) is 6.15. The molecule has 150 valence electrons. The molecule has 0 aromatic heterocycles. The van der Waals surface area contributed by atoms with E-state index in [1.807, 2.05) is 30.3 Å². The summed E-state index contributed by atoms with van der Waals surface area (Å²) in [4.78, 5) is 38.9. The lowest BCUT2D eigenvalue weighted by atomic mass is 10.2. The summed E-state index contributed by atoms with van der Waals surface area (Å²) in [6.45, 7) is 0.338.